The number of nitrogens with one attached hydrogen (secondary N) is 1. The molecule has 0 fully saturated rings. The number of aromatic amines is 1. The molecule has 0 amide bonds. The van der Waals surface area contributed by atoms with Gasteiger partial charge < -0.3 is 4.74 Å². The Morgan fingerprint density at radius 2 is 1.91 bits per heavy atom. The number of non-ortho nitro benzene ring substituents is 1. The Morgan fingerprint density at radius 1 is 1.16 bits per heavy atom. The number of aromatic nitrogens is 3. The molecule has 3 aromatic carbocycles. The second-order valence-corrected chi connectivity index (χ2v) is 7.47. The van der Waals surface area contributed by atoms with E-state index in [4.69, 9.17) is 28.6 Å². The summed E-state index contributed by atoms with van der Waals surface area (Å²) in [4.78, 5) is 10.3. The Balaban J connectivity index is 1.47. The number of hydrogen-bond acceptors (Lipinski definition) is 6. The van der Waals surface area contributed by atoms with Crippen LogP contribution in [0, 0.1) is 14.9 Å². The summed E-state index contributed by atoms with van der Waals surface area (Å²) in [6.45, 7) is 0.232. The van der Waals surface area contributed by atoms with Gasteiger partial charge in [-0.2, -0.15) is 14.9 Å². The van der Waals surface area contributed by atoms with E-state index in [1.807, 2.05) is 36.4 Å². The van der Waals surface area contributed by atoms with Gasteiger partial charge in [0, 0.05) is 17.7 Å². The summed E-state index contributed by atoms with van der Waals surface area (Å²) in [5.41, 5.74) is 2.45. The fraction of sp³-hybridized carbons (Fsp3) is 0.0455. The van der Waals surface area contributed by atoms with Gasteiger partial charge in [-0.1, -0.05) is 41.9 Å². The Bertz CT molecular complexity index is 1330. The molecule has 0 saturated carbocycles. The third-order valence-electron chi connectivity index (χ3n) is 4.50. The van der Waals surface area contributed by atoms with Crippen LogP contribution in [0.3, 0.4) is 0 Å². The maximum atomic E-state index is 10.7. The molecule has 160 valence electrons. The van der Waals surface area contributed by atoms with Gasteiger partial charge in [-0.05, 0) is 53.7 Å². The highest BCUT2D eigenvalue weighted by Gasteiger charge is 2.08. The Labute approximate surface area is 192 Å². The van der Waals surface area contributed by atoms with Crippen molar-refractivity contribution in [2.45, 2.75) is 6.61 Å². The molecule has 8 nitrogen and oxygen atoms in total. The first-order valence-corrected chi connectivity index (χ1v) is 10.2. The summed E-state index contributed by atoms with van der Waals surface area (Å²) in [6, 6.07) is 21.0. The van der Waals surface area contributed by atoms with Gasteiger partial charge in [-0.3, -0.25) is 10.1 Å². The van der Waals surface area contributed by atoms with Gasteiger partial charge in [0.25, 0.3) is 5.69 Å². The zero-order valence-corrected chi connectivity index (χ0v) is 18.1. The molecule has 4 aromatic rings. The molecule has 0 spiro atoms. The van der Waals surface area contributed by atoms with E-state index < -0.39 is 4.92 Å². The van der Waals surface area contributed by atoms with Crippen LogP contribution >= 0.6 is 23.8 Å². The lowest BCUT2D eigenvalue weighted by molar-refractivity contribution is -0.384. The quantitative estimate of drug-likeness (QED) is 0.165. The topological polar surface area (TPSA) is 98.3 Å². The fourth-order valence-corrected chi connectivity index (χ4v) is 3.31. The van der Waals surface area contributed by atoms with E-state index in [-0.39, 0.29) is 12.3 Å². The number of halogens is 1. The second-order valence-electron chi connectivity index (χ2n) is 6.68. The Morgan fingerprint density at radius 3 is 2.59 bits per heavy atom. The van der Waals surface area contributed by atoms with E-state index in [0.717, 1.165) is 16.7 Å². The monoisotopic (exact) mass is 465 g/mol. The predicted molar refractivity (Wildman–Crippen MR) is 125 cm³/mol. The Hall–Kier alpha value is -3.82. The maximum absolute atomic E-state index is 10.7. The zero-order chi connectivity index (χ0) is 22.5. The SMILES string of the molecule is O=[N+]([O-])c1ccc(COc2ccc(C=Nn3c(-c4ccccc4)n[nH]c3=S)cc2Cl)cc1. The molecule has 1 heterocycles. The van der Waals surface area contributed by atoms with E-state index in [9.17, 15) is 10.1 Å². The minimum atomic E-state index is -0.443. The molecule has 0 aliphatic rings. The lowest BCUT2D eigenvalue weighted by atomic mass is 10.2. The van der Waals surface area contributed by atoms with E-state index in [2.05, 4.69) is 15.3 Å². The average Bonchev–Trinajstić information content (AvgIpc) is 3.18. The number of nitro benzene ring substituents is 1. The highest BCUT2D eigenvalue weighted by Crippen LogP contribution is 2.26. The van der Waals surface area contributed by atoms with Crippen molar-refractivity contribution in [1.29, 1.82) is 0 Å². The van der Waals surface area contributed by atoms with E-state index >= 15 is 0 Å². The van der Waals surface area contributed by atoms with Gasteiger partial charge in [0.15, 0.2) is 5.82 Å². The summed E-state index contributed by atoms with van der Waals surface area (Å²) < 4.78 is 7.65. The largest absolute Gasteiger partial charge is 0.487 e. The number of nitrogens with zero attached hydrogens (tertiary/aromatic N) is 4. The Kier molecular flexibility index (Phi) is 6.39. The molecule has 0 aliphatic heterocycles. The molecule has 0 aliphatic carbocycles. The van der Waals surface area contributed by atoms with Gasteiger partial charge >= 0.3 is 0 Å². The molecule has 1 aromatic heterocycles. The summed E-state index contributed by atoms with van der Waals surface area (Å²) in [7, 11) is 0. The number of hydrogen-bond donors (Lipinski definition) is 1. The van der Waals surface area contributed by atoms with Crippen LogP contribution in [0.4, 0.5) is 5.69 Å². The van der Waals surface area contributed by atoms with Crippen LogP contribution in [0.15, 0.2) is 77.9 Å². The molecule has 0 radical (unpaired) electrons. The van der Waals surface area contributed by atoms with Crippen molar-refractivity contribution in [3.05, 3.63) is 104 Å². The standard InChI is InChI=1S/C22H16ClN5O3S/c23-19-12-16(8-11-20(19)31-14-15-6-9-18(10-7-15)28(29)30)13-24-27-21(25-26-22(27)32)17-4-2-1-3-5-17/h1-13H,14H2,(H,26,32). The van der Waals surface area contributed by atoms with Crippen molar-refractivity contribution in [3.8, 4) is 17.1 Å². The van der Waals surface area contributed by atoms with E-state index in [1.54, 1.807) is 30.5 Å². The zero-order valence-electron chi connectivity index (χ0n) is 16.5. The predicted octanol–water partition coefficient (Wildman–Crippen LogP) is 5.63. The lowest BCUT2D eigenvalue weighted by Crippen LogP contribution is -1.98. The molecule has 1 N–H and O–H groups in total. The summed E-state index contributed by atoms with van der Waals surface area (Å²) in [6.07, 6.45) is 1.63. The van der Waals surface area contributed by atoms with Gasteiger partial charge in [0.05, 0.1) is 16.2 Å². The highest BCUT2D eigenvalue weighted by atomic mass is 35.5. The lowest BCUT2D eigenvalue weighted by Gasteiger charge is -2.08. The van der Waals surface area contributed by atoms with Gasteiger partial charge in [-0.25, -0.2) is 5.10 Å². The third-order valence-corrected chi connectivity index (χ3v) is 5.06. The number of nitro groups is 1. The van der Waals surface area contributed by atoms with Crippen molar-refractivity contribution in [1.82, 2.24) is 14.9 Å². The third kappa shape index (κ3) is 4.90. The van der Waals surface area contributed by atoms with Crippen molar-refractivity contribution in [2.24, 2.45) is 5.10 Å². The normalized spacial score (nSPS) is 11.0. The second kappa shape index (κ2) is 9.54. The first kappa shape index (κ1) is 21.4. The summed E-state index contributed by atoms with van der Waals surface area (Å²) >= 11 is 11.6. The summed E-state index contributed by atoms with van der Waals surface area (Å²) in [5, 5.41) is 22.6. The van der Waals surface area contributed by atoms with Crippen LogP contribution in [0.5, 0.6) is 5.75 Å². The van der Waals surface area contributed by atoms with E-state index in [0.29, 0.717) is 21.4 Å². The molecular formula is C22H16ClN5O3S. The van der Waals surface area contributed by atoms with Gasteiger partial charge in [-0.15, -0.1) is 0 Å². The van der Waals surface area contributed by atoms with Crippen LogP contribution in [0.1, 0.15) is 11.1 Å². The highest BCUT2D eigenvalue weighted by molar-refractivity contribution is 7.71. The number of rotatable bonds is 7. The van der Waals surface area contributed by atoms with Crippen LogP contribution in [-0.2, 0) is 6.61 Å². The minimum absolute atomic E-state index is 0.0311. The van der Waals surface area contributed by atoms with Crippen molar-refractivity contribution in [2.75, 3.05) is 0 Å². The molecule has 0 unspecified atom stereocenters. The molecule has 32 heavy (non-hydrogen) atoms. The number of H-pyrrole nitrogens is 1. The van der Waals surface area contributed by atoms with Crippen LogP contribution < -0.4 is 4.74 Å². The fourth-order valence-electron chi connectivity index (χ4n) is 2.89. The van der Waals surface area contributed by atoms with Crippen molar-refractivity contribution in [3.63, 3.8) is 0 Å². The average molecular weight is 466 g/mol. The smallest absolute Gasteiger partial charge is 0.269 e. The van der Waals surface area contributed by atoms with Gasteiger partial charge in [0.1, 0.15) is 12.4 Å². The first-order chi connectivity index (χ1) is 15.5. The molecule has 10 heteroatoms. The van der Waals surface area contributed by atoms with Crippen LogP contribution in [0.25, 0.3) is 11.4 Å². The summed E-state index contributed by atoms with van der Waals surface area (Å²) in [5.74, 6) is 1.09. The van der Waals surface area contributed by atoms with Crippen molar-refractivity contribution >= 4 is 35.7 Å². The van der Waals surface area contributed by atoms with Crippen LogP contribution in [-0.4, -0.2) is 26.0 Å². The molecule has 0 bridgehead atoms. The van der Waals surface area contributed by atoms with E-state index in [1.165, 1.54) is 16.8 Å². The molecular weight excluding hydrogens is 450 g/mol. The van der Waals surface area contributed by atoms with Crippen LogP contribution in [0.2, 0.25) is 5.02 Å². The molecule has 0 saturated heterocycles. The van der Waals surface area contributed by atoms with Gasteiger partial charge in [0.2, 0.25) is 4.77 Å². The number of ether oxygens (including phenoxy) is 1. The number of benzene rings is 3. The van der Waals surface area contributed by atoms with Crippen molar-refractivity contribution < 1.29 is 9.66 Å². The minimum Gasteiger partial charge on any atom is -0.487 e. The maximum Gasteiger partial charge on any atom is 0.269 e. The first-order valence-electron chi connectivity index (χ1n) is 9.44. The molecule has 0 atom stereocenters. The molecule has 4 rings (SSSR count).